The summed E-state index contributed by atoms with van der Waals surface area (Å²) in [6, 6.07) is 13.1. The molecule has 6 nitrogen and oxygen atoms in total. The van der Waals surface area contributed by atoms with Gasteiger partial charge in [-0.3, -0.25) is 14.4 Å². The lowest BCUT2D eigenvalue weighted by atomic mass is 9.95. The van der Waals surface area contributed by atoms with E-state index in [-0.39, 0.29) is 30.1 Å². The number of methoxy groups -OCH3 is 1. The average molecular weight is 427 g/mol. The first-order valence-corrected chi connectivity index (χ1v) is 10.9. The lowest BCUT2D eigenvalue weighted by Crippen LogP contribution is -2.43. The van der Waals surface area contributed by atoms with E-state index in [0.717, 1.165) is 10.4 Å². The molecule has 158 valence electrons. The van der Waals surface area contributed by atoms with Crippen LogP contribution in [0.4, 0.5) is 0 Å². The summed E-state index contributed by atoms with van der Waals surface area (Å²) in [5.74, 6) is -0.657. The van der Waals surface area contributed by atoms with Gasteiger partial charge in [-0.1, -0.05) is 36.4 Å². The molecule has 1 aromatic heterocycles. The molecular formula is C23H26N2O4S. The minimum Gasteiger partial charge on any atom is -0.469 e. The fourth-order valence-corrected chi connectivity index (χ4v) is 4.23. The first kappa shape index (κ1) is 21.8. The van der Waals surface area contributed by atoms with Crippen molar-refractivity contribution >= 4 is 35.2 Å². The highest BCUT2D eigenvalue weighted by molar-refractivity contribution is 7.10. The molecule has 3 rings (SSSR count). The Kier molecular flexibility index (Phi) is 7.79. The third kappa shape index (κ3) is 6.03. The summed E-state index contributed by atoms with van der Waals surface area (Å²) in [7, 11) is 1.34. The summed E-state index contributed by atoms with van der Waals surface area (Å²) < 4.78 is 4.76. The Morgan fingerprint density at radius 3 is 2.53 bits per heavy atom. The van der Waals surface area contributed by atoms with Gasteiger partial charge in [0.05, 0.1) is 19.6 Å². The number of amides is 2. The maximum atomic E-state index is 12.8. The number of hydrogen-bond donors (Lipinski definition) is 1. The molecule has 0 spiro atoms. The number of carbonyl (C=O) groups excluding carboxylic acids is 3. The normalized spacial score (nSPS) is 15.7. The van der Waals surface area contributed by atoms with Crippen LogP contribution < -0.4 is 5.32 Å². The van der Waals surface area contributed by atoms with Crippen LogP contribution >= 0.6 is 11.3 Å². The standard InChI is InChI=1S/C23H26N2O4S/c1-29-22(27)16-19(20-8-5-15-30-20)24-23(28)18-11-13-25(14-12-18)21(26)10-9-17-6-3-2-4-7-17/h2-10,15,18-19H,11-14,16H2,1H3,(H,24,28)/b10-9+. The van der Waals surface area contributed by atoms with E-state index in [1.807, 2.05) is 47.8 Å². The van der Waals surface area contributed by atoms with Crippen molar-refractivity contribution in [2.45, 2.75) is 25.3 Å². The minimum atomic E-state index is -0.390. The summed E-state index contributed by atoms with van der Waals surface area (Å²) in [4.78, 5) is 39.6. The van der Waals surface area contributed by atoms with E-state index in [4.69, 9.17) is 4.74 Å². The predicted molar refractivity (Wildman–Crippen MR) is 117 cm³/mol. The van der Waals surface area contributed by atoms with Crippen LogP contribution in [0.25, 0.3) is 6.08 Å². The van der Waals surface area contributed by atoms with Gasteiger partial charge in [0.15, 0.2) is 0 Å². The molecule has 30 heavy (non-hydrogen) atoms. The molecule has 1 aliphatic heterocycles. The topological polar surface area (TPSA) is 75.7 Å². The molecule has 2 aromatic rings. The van der Waals surface area contributed by atoms with E-state index in [0.29, 0.717) is 25.9 Å². The zero-order chi connectivity index (χ0) is 21.3. The quantitative estimate of drug-likeness (QED) is 0.544. The van der Waals surface area contributed by atoms with E-state index >= 15 is 0 Å². The predicted octanol–water partition coefficient (Wildman–Crippen LogP) is 3.42. The number of hydrogen-bond acceptors (Lipinski definition) is 5. The van der Waals surface area contributed by atoms with Gasteiger partial charge in [-0.25, -0.2) is 0 Å². The Hall–Kier alpha value is -2.93. The summed E-state index contributed by atoms with van der Waals surface area (Å²) in [5.41, 5.74) is 0.977. The minimum absolute atomic E-state index is 0.0418. The molecule has 1 aliphatic rings. The number of rotatable bonds is 7. The Balaban J connectivity index is 1.52. The van der Waals surface area contributed by atoms with Gasteiger partial charge >= 0.3 is 5.97 Å². The van der Waals surface area contributed by atoms with Crippen molar-refractivity contribution in [3.63, 3.8) is 0 Å². The van der Waals surface area contributed by atoms with Crippen molar-refractivity contribution in [1.29, 1.82) is 0 Å². The van der Waals surface area contributed by atoms with Gasteiger partial charge in [0.25, 0.3) is 0 Å². The van der Waals surface area contributed by atoms with E-state index in [1.54, 1.807) is 17.1 Å². The Labute approximate surface area is 180 Å². The van der Waals surface area contributed by atoms with Crippen molar-refractivity contribution < 1.29 is 19.1 Å². The van der Waals surface area contributed by atoms with Crippen LogP contribution in [-0.2, 0) is 19.1 Å². The Bertz CT molecular complexity index is 872. The van der Waals surface area contributed by atoms with Crippen LogP contribution in [-0.4, -0.2) is 42.9 Å². The van der Waals surface area contributed by atoms with Crippen LogP contribution in [0.2, 0.25) is 0 Å². The van der Waals surface area contributed by atoms with Gasteiger partial charge in [-0.2, -0.15) is 0 Å². The molecule has 0 bridgehead atoms. The van der Waals surface area contributed by atoms with Gasteiger partial charge in [-0.05, 0) is 35.9 Å². The molecule has 1 aromatic carbocycles. The Morgan fingerprint density at radius 2 is 1.90 bits per heavy atom. The largest absolute Gasteiger partial charge is 0.469 e. The molecular weight excluding hydrogens is 400 g/mol. The smallest absolute Gasteiger partial charge is 0.307 e. The van der Waals surface area contributed by atoms with E-state index in [1.165, 1.54) is 18.4 Å². The second-order valence-corrected chi connectivity index (χ2v) is 8.18. The molecule has 0 aliphatic carbocycles. The SMILES string of the molecule is COC(=O)CC(NC(=O)C1CCN(C(=O)/C=C/c2ccccc2)CC1)c1cccs1. The third-order valence-electron chi connectivity index (χ3n) is 5.20. The summed E-state index contributed by atoms with van der Waals surface area (Å²) >= 11 is 1.50. The number of nitrogens with zero attached hydrogens (tertiary/aromatic N) is 1. The van der Waals surface area contributed by atoms with Crippen molar-refractivity contribution in [3.05, 3.63) is 64.4 Å². The molecule has 1 N–H and O–H groups in total. The number of ether oxygens (including phenoxy) is 1. The highest BCUT2D eigenvalue weighted by Crippen LogP contribution is 2.25. The molecule has 2 amide bonds. The fourth-order valence-electron chi connectivity index (χ4n) is 3.45. The van der Waals surface area contributed by atoms with Crippen LogP contribution in [0.5, 0.6) is 0 Å². The van der Waals surface area contributed by atoms with Crippen LogP contribution in [0.1, 0.15) is 35.7 Å². The van der Waals surface area contributed by atoms with Crippen LogP contribution in [0, 0.1) is 5.92 Å². The first-order chi connectivity index (χ1) is 14.6. The lowest BCUT2D eigenvalue weighted by Gasteiger charge is -2.31. The number of likely N-dealkylation sites (tertiary alicyclic amines) is 1. The number of carbonyl (C=O) groups is 3. The maximum Gasteiger partial charge on any atom is 0.307 e. The Morgan fingerprint density at radius 1 is 1.17 bits per heavy atom. The van der Waals surface area contributed by atoms with Crippen LogP contribution in [0.15, 0.2) is 53.9 Å². The zero-order valence-corrected chi connectivity index (χ0v) is 17.8. The maximum absolute atomic E-state index is 12.8. The summed E-state index contributed by atoms with van der Waals surface area (Å²) in [6.45, 7) is 1.08. The molecule has 0 saturated carbocycles. The van der Waals surface area contributed by atoms with Crippen LogP contribution in [0.3, 0.4) is 0 Å². The third-order valence-corrected chi connectivity index (χ3v) is 6.18. The number of piperidine rings is 1. The molecule has 1 unspecified atom stereocenters. The number of thiophene rings is 1. The van der Waals surface area contributed by atoms with Crippen molar-refractivity contribution in [1.82, 2.24) is 10.2 Å². The molecule has 0 radical (unpaired) electrons. The van der Waals surface area contributed by atoms with Gasteiger partial charge in [0.1, 0.15) is 0 Å². The van der Waals surface area contributed by atoms with E-state index in [2.05, 4.69) is 5.32 Å². The summed E-state index contributed by atoms with van der Waals surface area (Å²) in [5, 5.41) is 4.91. The highest BCUT2D eigenvalue weighted by Gasteiger charge is 2.29. The van der Waals surface area contributed by atoms with Gasteiger partial charge in [0, 0.05) is 30.0 Å². The fraction of sp³-hybridized carbons (Fsp3) is 0.348. The number of esters is 1. The monoisotopic (exact) mass is 426 g/mol. The van der Waals surface area contributed by atoms with Gasteiger partial charge in [0.2, 0.25) is 11.8 Å². The number of benzene rings is 1. The first-order valence-electron chi connectivity index (χ1n) is 9.99. The van der Waals surface area contributed by atoms with Crippen molar-refractivity contribution in [3.8, 4) is 0 Å². The lowest BCUT2D eigenvalue weighted by molar-refractivity contribution is -0.141. The van der Waals surface area contributed by atoms with Gasteiger partial charge < -0.3 is 15.0 Å². The molecule has 2 heterocycles. The molecule has 1 fully saturated rings. The second kappa shape index (κ2) is 10.7. The summed E-state index contributed by atoms with van der Waals surface area (Å²) in [6.07, 6.45) is 4.70. The number of nitrogens with one attached hydrogen (secondary N) is 1. The zero-order valence-electron chi connectivity index (χ0n) is 17.0. The second-order valence-electron chi connectivity index (χ2n) is 7.20. The average Bonchev–Trinajstić information content (AvgIpc) is 3.32. The van der Waals surface area contributed by atoms with Crippen molar-refractivity contribution in [2.75, 3.05) is 20.2 Å². The highest BCUT2D eigenvalue weighted by atomic mass is 32.1. The van der Waals surface area contributed by atoms with E-state index in [9.17, 15) is 14.4 Å². The van der Waals surface area contributed by atoms with Gasteiger partial charge in [-0.15, -0.1) is 11.3 Å². The molecule has 1 saturated heterocycles. The molecule has 7 heteroatoms. The van der Waals surface area contributed by atoms with E-state index < -0.39 is 6.04 Å². The van der Waals surface area contributed by atoms with Crippen molar-refractivity contribution in [2.24, 2.45) is 5.92 Å². The molecule has 1 atom stereocenters.